The van der Waals surface area contributed by atoms with Crippen LogP contribution in [0.5, 0.6) is 0 Å². The van der Waals surface area contributed by atoms with Crippen LogP contribution in [0, 0.1) is 13.8 Å². The molecule has 0 amide bonds. The number of hydrogen-bond donors (Lipinski definition) is 1. The number of anilines is 1. The number of hydrogen-bond acceptors (Lipinski definition) is 6. The van der Waals surface area contributed by atoms with Gasteiger partial charge >= 0.3 is 5.97 Å². The van der Waals surface area contributed by atoms with E-state index in [2.05, 4.69) is 16.9 Å². The summed E-state index contributed by atoms with van der Waals surface area (Å²) >= 11 is 1.30. The third-order valence-electron chi connectivity index (χ3n) is 3.14. The molecule has 0 aliphatic carbocycles. The van der Waals surface area contributed by atoms with Gasteiger partial charge in [-0.25, -0.2) is 9.78 Å². The van der Waals surface area contributed by atoms with Crippen molar-refractivity contribution in [1.29, 1.82) is 0 Å². The Morgan fingerprint density at radius 2 is 2.17 bits per heavy atom. The van der Waals surface area contributed by atoms with Gasteiger partial charge in [0.2, 0.25) is 5.78 Å². The maximum absolute atomic E-state index is 12.2. The first-order valence-electron chi connectivity index (χ1n) is 7.09. The molecule has 0 aliphatic rings. The van der Waals surface area contributed by atoms with Crippen LogP contribution in [0.3, 0.4) is 0 Å². The van der Waals surface area contributed by atoms with Gasteiger partial charge in [-0.2, -0.15) is 0 Å². The molecular formula is C17H18N2O3S. The lowest BCUT2D eigenvalue weighted by molar-refractivity contribution is 0.0469. The number of Topliss-reactive ketones (excluding diaryl/α,β-unsaturated/α-hetero) is 1. The molecular weight excluding hydrogens is 312 g/mol. The minimum absolute atomic E-state index is 0.190. The maximum atomic E-state index is 12.2. The first-order valence-corrected chi connectivity index (χ1v) is 7.97. The number of nitrogens with zero attached hydrogens (tertiary/aromatic N) is 1. The first-order chi connectivity index (χ1) is 11.0. The van der Waals surface area contributed by atoms with E-state index in [1.807, 2.05) is 26.0 Å². The van der Waals surface area contributed by atoms with Gasteiger partial charge in [0, 0.05) is 17.5 Å². The Morgan fingerprint density at radius 3 is 2.91 bits per heavy atom. The zero-order valence-corrected chi connectivity index (χ0v) is 13.9. The van der Waals surface area contributed by atoms with Crippen molar-refractivity contribution in [2.75, 3.05) is 18.5 Å². The Morgan fingerprint density at radius 1 is 1.39 bits per heavy atom. The molecule has 0 unspecified atom stereocenters. The molecule has 6 heteroatoms. The summed E-state index contributed by atoms with van der Waals surface area (Å²) in [6, 6.07) is 5.61. The average Bonchev–Trinajstić information content (AvgIpc) is 3.01. The maximum Gasteiger partial charge on any atom is 0.358 e. The van der Waals surface area contributed by atoms with Crippen LogP contribution >= 0.6 is 11.3 Å². The minimum Gasteiger partial charge on any atom is -0.453 e. The number of benzene rings is 1. The summed E-state index contributed by atoms with van der Waals surface area (Å²) < 4.78 is 5.06. The highest BCUT2D eigenvalue weighted by molar-refractivity contribution is 7.13. The van der Waals surface area contributed by atoms with Crippen LogP contribution in [0.15, 0.2) is 36.2 Å². The number of thiazole rings is 1. The normalized spacial score (nSPS) is 10.2. The zero-order valence-electron chi connectivity index (χ0n) is 13.1. The van der Waals surface area contributed by atoms with Gasteiger partial charge in [-0.15, -0.1) is 17.9 Å². The predicted octanol–water partition coefficient (Wildman–Crippen LogP) is 3.40. The van der Waals surface area contributed by atoms with E-state index in [4.69, 9.17) is 4.74 Å². The van der Waals surface area contributed by atoms with E-state index in [0.29, 0.717) is 17.2 Å². The molecule has 1 N–H and O–H groups in total. The van der Waals surface area contributed by atoms with Crippen molar-refractivity contribution in [3.05, 3.63) is 58.6 Å². The highest BCUT2D eigenvalue weighted by Crippen LogP contribution is 2.16. The second kappa shape index (κ2) is 7.69. The van der Waals surface area contributed by atoms with Crippen molar-refractivity contribution in [2.45, 2.75) is 13.8 Å². The number of carbonyl (C=O) groups excluding carboxylic acids is 2. The average molecular weight is 330 g/mol. The van der Waals surface area contributed by atoms with Gasteiger partial charge in [-0.05, 0) is 25.5 Å². The van der Waals surface area contributed by atoms with Crippen molar-refractivity contribution in [1.82, 2.24) is 4.98 Å². The van der Waals surface area contributed by atoms with Crippen LogP contribution in [-0.2, 0) is 4.74 Å². The number of ketones is 1. The highest BCUT2D eigenvalue weighted by Gasteiger charge is 2.16. The molecule has 0 atom stereocenters. The number of aryl methyl sites for hydroxylation is 2. The molecule has 5 nitrogen and oxygen atoms in total. The number of ether oxygens (including phenoxy) is 1. The minimum atomic E-state index is -0.605. The fraction of sp³-hybridized carbons (Fsp3) is 0.235. The number of nitrogens with one attached hydrogen (secondary N) is 1. The van der Waals surface area contributed by atoms with Gasteiger partial charge in [0.15, 0.2) is 17.4 Å². The standard InChI is InChI=1S/C17H18N2O3S/c1-4-7-18-17-19-14(10-23-17)16(21)22-9-15(20)13-8-11(2)5-6-12(13)3/h4-6,8,10H,1,7,9H2,2-3H3,(H,18,19). The number of aromatic nitrogens is 1. The summed E-state index contributed by atoms with van der Waals surface area (Å²) in [6.45, 7) is 7.63. The summed E-state index contributed by atoms with van der Waals surface area (Å²) in [7, 11) is 0. The smallest absolute Gasteiger partial charge is 0.358 e. The lowest BCUT2D eigenvalue weighted by atomic mass is 10.0. The lowest BCUT2D eigenvalue weighted by Gasteiger charge is -2.06. The van der Waals surface area contributed by atoms with Crippen molar-refractivity contribution in [3.63, 3.8) is 0 Å². The molecule has 1 aromatic carbocycles. The molecule has 1 heterocycles. The quantitative estimate of drug-likeness (QED) is 0.479. The number of rotatable bonds is 7. The number of esters is 1. The van der Waals surface area contributed by atoms with Gasteiger partial charge in [-0.3, -0.25) is 4.79 Å². The Kier molecular flexibility index (Phi) is 5.65. The Bertz CT molecular complexity index is 737. The molecule has 0 bridgehead atoms. The van der Waals surface area contributed by atoms with Crippen molar-refractivity contribution in [2.24, 2.45) is 0 Å². The predicted molar refractivity (Wildman–Crippen MR) is 91.3 cm³/mol. The first kappa shape index (κ1) is 16.9. The van der Waals surface area contributed by atoms with Crippen LogP contribution in [0.4, 0.5) is 5.13 Å². The molecule has 0 radical (unpaired) electrons. The molecule has 0 aliphatic heterocycles. The lowest BCUT2D eigenvalue weighted by Crippen LogP contribution is -2.15. The fourth-order valence-corrected chi connectivity index (χ4v) is 2.62. The van der Waals surface area contributed by atoms with Crippen LogP contribution in [0.1, 0.15) is 32.0 Å². The summed E-state index contributed by atoms with van der Waals surface area (Å²) in [5.74, 6) is -0.827. The van der Waals surface area contributed by atoms with Gasteiger partial charge in [0.05, 0.1) is 0 Å². The van der Waals surface area contributed by atoms with Gasteiger partial charge in [-0.1, -0.05) is 23.8 Å². The van der Waals surface area contributed by atoms with Gasteiger partial charge < -0.3 is 10.1 Å². The third kappa shape index (κ3) is 4.50. The largest absolute Gasteiger partial charge is 0.453 e. The van der Waals surface area contributed by atoms with Crippen molar-refractivity contribution in [3.8, 4) is 0 Å². The highest BCUT2D eigenvalue weighted by atomic mass is 32.1. The van der Waals surface area contributed by atoms with Crippen molar-refractivity contribution >= 4 is 28.2 Å². The Labute approximate surface area is 139 Å². The van der Waals surface area contributed by atoms with E-state index < -0.39 is 5.97 Å². The fourth-order valence-electron chi connectivity index (χ4n) is 1.93. The topological polar surface area (TPSA) is 68.3 Å². The Hall–Kier alpha value is -2.47. The zero-order chi connectivity index (χ0) is 16.8. The molecule has 0 spiro atoms. The summed E-state index contributed by atoms with van der Waals surface area (Å²) in [5.41, 5.74) is 2.61. The van der Waals surface area contributed by atoms with Crippen LogP contribution in [0.25, 0.3) is 0 Å². The van der Waals surface area contributed by atoms with Crippen LogP contribution in [0.2, 0.25) is 0 Å². The monoisotopic (exact) mass is 330 g/mol. The van der Waals surface area contributed by atoms with E-state index in [-0.39, 0.29) is 18.1 Å². The van der Waals surface area contributed by atoms with E-state index in [9.17, 15) is 9.59 Å². The van der Waals surface area contributed by atoms with Gasteiger partial charge in [0.1, 0.15) is 0 Å². The van der Waals surface area contributed by atoms with Gasteiger partial charge in [0.25, 0.3) is 0 Å². The second-order valence-corrected chi connectivity index (χ2v) is 5.88. The molecule has 2 rings (SSSR count). The van der Waals surface area contributed by atoms with E-state index in [1.165, 1.54) is 11.3 Å². The molecule has 0 saturated heterocycles. The molecule has 2 aromatic rings. The molecule has 23 heavy (non-hydrogen) atoms. The summed E-state index contributed by atoms with van der Waals surface area (Å²) in [5, 5.41) is 5.19. The van der Waals surface area contributed by atoms with Crippen LogP contribution < -0.4 is 5.32 Å². The SMILES string of the molecule is C=CCNc1nc(C(=O)OCC(=O)c2cc(C)ccc2C)cs1. The van der Waals surface area contributed by atoms with E-state index >= 15 is 0 Å². The Balaban J connectivity index is 1.95. The molecule has 0 saturated carbocycles. The van der Waals surface area contributed by atoms with Crippen molar-refractivity contribution < 1.29 is 14.3 Å². The van der Waals surface area contributed by atoms with E-state index in [1.54, 1.807) is 17.5 Å². The van der Waals surface area contributed by atoms with Crippen LogP contribution in [-0.4, -0.2) is 29.9 Å². The van der Waals surface area contributed by atoms with E-state index in [0.717, 1.165) is 11.1 Å². The summed E-state index contributed by atoms with van der Waals surface area (Å²) in [6.07, 6.45) is 1.70. The summed E-state index contributed by atoms with van der Waals surface area (Å²) in [4.78, 5) is 28.2. The third-order valence-corrected chi connectivity index (χ3v) is 3.94. The number of carbonyl (C=O) groups is 2. The molecule has 1 aromatic heterocycles. The second-order valence-electron chi connectivity index (χ2n) is 5.03. The molecule has 120 valence electrons. The molecule has 0 fully saturated rings.